The highest BCUT2D eigenvalue weighted by molar-refractivity contribution is 5.99. The Morgan fingerprint density at radius 3 is 1.97 bits per heavy atom. The second-order valence-corrected chi connectivity index (χ2v) is 8.76. The van der Waals surface area contributed by atoms with Gasteiger partial charge in [0.1, 0.15) is 5.75 Å². The molecule has 0 fully saturated rings. The van der Waals surface area contributed by atoms with Crippen LogP contribution in [0.15, 0.2) is 60.1 Å². The first-order valence-corrected chi connectivity index (χ1v) is 13.6. The molecule has 0 unspecified atom stereocenters. The van der Waals surface area contributed by atoms with E-state index < -0.39 is 23.8 Å². The van der Waals surface area contributed by atoms with Crippen LogP contribution in [0.1, 0.15) is 77.7 Å². The van der Waals surface area contributed by atoms with Gasteiger partial charge in [-0.1, -0.05) is 57.2 Å². The molecule has 0 atom stereocenters. The van der Waals surface area contributed by atoms with Crippen molar-refractivity contribution in [2.45, 2.75) is 72.1 Å². The largest absolute Gasteiger partial charge is 0.464 e. The monoisotopic (exact) mass is 527 g/mol. The van der Waals surface area contributed by atoms with Gasteiger partial charge in [0.05, 0.1) is 49.2 Å². The Morgan fingerprint density at radius 2 is 1.37 bits per heavy atom. The zero-order valence-corrected chi connectivity index (χ0v) is 23.1. The lowest BCUT2D eigenvalue weighted by Gasteiger charge is -2.31. The second-order valence-electron chi connectivity index (χ2n) is 8.76. The second kappa shape index (κ2) is 17.1. The molecule has 1 aromatic rings. The molecule has 1 aliphatic rings. The Bertz CT molecular complexity index is 976. The van der Waals surface area contributed by atoms with E-state index in [1.54, 1.807) is 57.4 Å². The molecule has 38 heavy (non-hydrogen) atoms. The van der Waals surface area contributed by atoms with E-state index in [9.17, 15) is 14.4 Å². The zero-order chi connectivity index (χ0) is 27.8. The average Bonchev–Trinajstić information content (AvgIpc) is 2.91. The molecule has 2 rings (SSSR count). The van der Waals surface area contributed by atoms with Crippen LogP contribution < -0.4 is 4.74 Å². The normalized spacial score (nSPS) is 13.6. The molecule has 1 aliphatic heterocycles. The van der Waals surface area contributed by atoms with Crippen molar-refractivity contribution in [3.05, 3.63) is 65.7 Å². The maximum Gasteiger partial charge on any atom is 0.336 e. The lowest BCUT2D eigenvalue weighted by atomic mass is 9.82. The van der Waals surface area contributed by atoms with Crippen LogP contribution in [-0.2, 0) is 28.6 Å². The summed E-state index contributed by atoms with van der Waals surface area (Å²) in [6, 6.07) is 7.05. The fourth-order valence-corrected chi connectivity index (χ4v) is 4.20. The maximum atomic E-state index is 13.2. The summed E-state index contributed by atoms with van der Waals surface area (Å²) in [5.41, 5.74) is 1.20. The minimum absolute atomic E-state index is 0.194. The highest BCUT2D eigenvalue weighted by Gasteiger charge is 2.37. The first-order valence-electron chi connectivity index (χ1n) is 13.6. The number of para-hydroxylation sites is 1. The lowest BCUT2D eigenvalue weighted by molar-refractivity contribution is -0.140. The van der Waals surface area contributed by atoms with Crippen LogP contribution in [0.3, 0.4) is 0 Å². The predicted octanol–water partition coefficient (Wildman–Crippen LogP) is 5.80. The van der Waals surface area contributed by atoms with E-state index >= 15 is 0 Å². The molecule has 0 saturated carbocycles. The van der Waals surface area contributed by atoms with Gasteiger partial charge in [-0.05, 0) is 33.3 Å². The summed E-state index contributed by atoms with van der Waals surface area (Å²) in [4.78, 5) is 39.9. The van der Waals surface area contributed by atoms with Gasteiger partial charge in [0, 0.05) is 24.5 Å². The average molecular weight is 528 g/mol. The van der Waals surface area contributed by atoms with Crippen molar-refractivity contribution in [1.29, 1.82) is 0 Å². The molecule has 0 aliphatic carbocycles. The number of esters is 3. The van der Waals surface area contributed by atoms with Gasteiger partial charge < -0.3 is 23.8 Å². The molecule has 8 heteroatoms. The van der Waals surface area contributed by atoms with Crippen molar-refractivity contribution in [2.75, 3.05) is 26.4 Å². The first-order chi connectivity index (χ1) is 18.5. The minimum Gasteiger partial charge on any atom is -0.464 e. The van der Waals surface area contributed by atoms with Gasteiger partial charge in [-0.25, -0.2) is 14.4 Å². The Balaban J connectivity index is 2.43. The van der Waals surface area contributed by atoms with Crippen molar-refractivity contribution in [3.8, 4) is 5.75 Å². The minimum atomic E-state index is -0.777. The number of rotatable bonds is 16. The summed E-state index contributed by atoms with van der Waals surface area (Å²) >= 11 is 0. The predicted molar refractivity (Wildman–Crippen MR) is 145 cm³/mol. The summed E-state index contributed by atoms with van der Waals surface area (Å²) in [6.07, 6.45) is 12.7. The van der Waals surface area contributed by atoms with Crippen LogP contribution in [0.4, 0.5) is 0 Å². The summed E-state index contributed by atoms with van der Waals surface area (Å²) in [6.45, 7) is 8.68. The van der Waals surface area contributed by atoms with Gasteiger partial charge in [0.15, 0.2) is 0 Å². The third kappa shape index (κ3) is 9.39. The Labute approximate surface area is 226 Å². The summed E-state index contributed by atoms with van der Waals surface area (Å²) in [5, 5.41) is 0. The van der Waals surface area contributed by atoms with E-state index in [4.69, 9.17) is 18.9 Å². The topological polar surface area (TPSA) is 91.4 Å². The standard InChI is InChI=1S/C30H41NO7/c1-5-9-10-11-12-15-19-31-21-24(29(33)36-7-3)28(25(22-31)30(34)37-8-4)23-16-13-14-17-26(23)38-20-18-27(32)35-6-2/h13-14,16-18,20-22,28H,5-12,15,19H2,1-4H3/b20-18+. The molecule has 8 nitrogen and oxygen atoms in total. The van der Waals surface area contributed by atoms with Crippen LogP contribution >= 0.6 is 0 Å². The van der Waals surface area contributed by atoms with E-state index in [0.717, 1.165) is 19.3 Å². The number of unbranched alkanes of at least 4 members (excludes halogenated alkanes) is 5. The Hall–Kier alpha value is -3.55. The molecule has 0 spiro atoms. The molecular formula is C30H41NO7. The fourth-order valence-electron chi connectivity index (χ4n) is 4.20. The molecule has 0 saturated heterocycles. The Morgan fingerprint density at radius 1 is 0.789 bits per heavy atom. The van der Waals surface area contributed by atoms with Gasteiger partial charge in [-0.2, -0.15) is 0 Å². The quantitative estimate of drug-likeness (QED) is 0.0876. The van der Waals surface area contributed by atoms with Crippen LogP contribution in [0.5, 0.6) is 5.75 Å². The number of carbonyl (C=O) groups excluding carboxylic acids is 3. The summed E-state index contributed by atoms with van der Waals surface area (Å²) in [7, 11) is 0. The molecule has 0 N–H and O–H groups in total. The lowest BCUT2D eigenvalue weighted by Crippen LogP contribution is -2.30. The van der Waals surface area contributed by atoms with Gasteiger partial charge in [-0.3, -0.25) is 0 Å². The van der Waals surface area contributed by atoms with E-state index in [1.165, 1.54) is 31.6 Å². The highest BCUT2D eigenvalue weighted by atomic mass is 16.5. The molecule has 1 heterocycles. The van der Waals surface area contributed by atoms with E-state index in [-0.39, 0.29) is 19.8 Å². The molecule has 0 amide bonds. The molecule has 0 radical (unpaired) electrons. The summed E-state index contributed by atoms with van der Waals surface area (Å²) < 4.78 is 21.4. The molecule has 0 bridgehead atoms. The Kier molecular flexibility index (Phi) is 13.8. The van der Waals surface area contributed by atoms with Crippen molar-refractivity contribution in [1.82, 2.24) is 4.90 Å². The third-order valence-corrected chi connectivity index (χ3v) is 5.94. The van der Waals surface area contributed by atoms with Gasteiger partial charge >= 0.3 is 17.9 Å². The fraction of sp³-hybridized carbons (Fsp3) is 0.500. The van der Waals surface area contributed by atoms with Crippen molar-refractivity contribution < 1.29 is 33.3 Å². The van der Waals surface area contributed by atoms with Crippen LogP contribution in [0.2, 0.25) is 0 Å². The van der Waals surface area contributed by atoms with E-state index in [2.05, 4.69) is 6.92 Å². The number of hydrogen-bond acceptors (Lipinski definition) is 8. The van der Waals surface area contributed by atoms with Crippen LogP contribution in [0.25, 0.3) is 0 Å². The number of hydrogen-bond donors (Lipinski definition) is 0. The maximum absolute atomic E-state index is 13.2. The number of carbonyl (C=O) groups is 3. The van der Waals surface area contributed by atoms with Crippen LogP contribution in [0, 0.1) is 0 Å². The molecule has 208 valence electrons. The van der Waals surface area contributed by atoms with Gasteiger partial charge in [0.2, 0.25) is 0 Å². The molecule has 1 aromatic carbocycles. The number of nitrogens with zero attached hydrogens (tertiary/aromatic N) is 1. The van der Waals surface area contributed by atoms with Crippen LogP contribution in [-0.4, -0.2) is 49.2 Å². The van der Waals surface area contributed by atoms with Gasteiger partial charge in [-0.15, -0.1) is 0 Å². The SMILES string of the molecule is CCCCCCCCN1C=C(C(=O)OCC)C(c2ccccc2O/C=C/C(=O)OCC)C(C(=O)OCC)=C1. The van der Waals surface area contributed by atoms with Gasteiger partial charge in [0.25, 0.3) is 0 Å². The molecule has 0 aromatic heterocycles. The van der Waals surface area contributed by atoms with E-state index in [0.29, 0.717) is 29.0 Å². The van der Waals surface area contributed by atoms with Crippen molar-refractivity contribution in [2.24, 2.45) is 0 Å². The highest BCUT2D eigenvalue weighted by Crippen LogP contribution is 2.41. The van der Waals surface area contributed by atoms with Crippen molar-refractivity contribution >= 4 is 17.9 Å². The number of benzene rings is 1. The smallest absolute Gasteiger partial charge is 0.336 e. The zero-order valence-electron chi connectivity index (χ0n) is 23.1. The van der Waals surface area contributed by atoms with E-state index in [1.807, 2.05) is 4.90 Å². The first kappa shape index (κ1) is 30.7. The summed E-state index contributed by atoms with van der Waals surface area (Å²) in [5.74, 6) is -1.96. The third-order valence-electron chi connectivity index (χ3n) is 5.94. The number of ether oxygens (including phenoxy) is 4. The van der Waals surface area contributed by atoms with Crippen molar-refractivity contribution in [3.63, 3.8) is 0 Å². The molecular weight excluding hydrogens is 486 g/mol.